The normalized spacial score (nSPS) is 15.7. The smallest absolute Gasteiger partial charge is 0.238 e. The second-order valence-electron chi connectivity index (χ2n) is 6.47. The van der Waals surface area contributed by atoms with Crippen molar-refractivity contribution in [3.8, 4) is 0 Å². The molecule has 0 unspecified atom stereocenters. The lowest BCUT2D eigenvalue weighted by Gasteiger charge is -2.34. The number of carbonyl (C=O) groups is 1. The van der Waals surface area contributed by atoms with Crippen molar-refractivity contribution in [3.05, 3.63) is 62.8 Å². The monoisotopic (exact) mass is 429 g/mol. The van der Waals surface area contributed by atoms with Crippen LogP contribution in [-0.4, -0.2) is 48.4 Å². The van der Waals surface area contributed by atoms with E-state index in [0.29, 0.717) is 20.8 Å². The molecule has 0 aliphatic carbocycles. The molecule has 3 rings (SSSR count). The van der Waals surface area contributed by atoms with Gasteiger partial charge in [0.05, 0.1) is 27.3 Å². The number of halogens is 4. The van der Waals surface area contributed by atoms with Crippen molar-refractivity contribution in [3.63, 3.8) is 0 Å². The van der Waals surface area contributed by atoms with E-state index in [0.717, 1.165) is 38.3 Å². The Morgan fingerprint density at radius 2 is 1.52 bits per heavy atom. The fourth-order valence-electron chi connectivity index (χ4n) is 2.96. The van der Waals surface area contributed by atoms with Crippen LogP contribution in [0.5, 0.6) is 0 Å². The fraction of sp³-hybridized carbons (Fsp3) is 0.316. The molecule has 0 spiro atoms. The molecule has 4 nitrogen and oxygen atoms in total. The van der Waals surface area contributed by atoms with E-state index in [1.165, 1.54) is 18.2 Å². The van der Waals surface area contributed by atoms with E-state index in [1.807, 2.05) is 0 Å². The maximum atomic E-state index is 13.0. The Morgan fingerprint density at radius 1 is 0.926 bits per heavy atom. The summed E-state index contributed by atoms with van der Waals surface area (Å²) in [5.74, 6) is -0.376. The number of nitrogens with one attached hydrogen (secondary N) is 1. The molecule has 1 heterocycles. The molecule has 1 fully saturated rings. The first-order chi connectivity index (χ1) is 12.9. The van der Waals surface area contributed by atoms with Crippen LogP contribution >= 0.6 is 34.8 Å². The van der Waals surface area contributed by atoms with Gasteiger partial charge in [-0.15, -0.1) is 0 Å². The Kier molecular flexibility index (Phi) is 6.95. The number of piperazine rings is 1. The lowest BCUT2D eigenvalue weighted by Crippen LogP contribution is -2.48. The van der Waals surface area contributed by atoms with Gasteiger partial charge in [0, 0.05) is 32.7 Å². The average Bonchev–Trinajstić information content (AvgIpc) is 2.63. The summed E-state index contributed by atoms with van der Waals surface area (Å²) in [5.41, 5.74) is 1.53. The number of anilines is 1. The molecule has 0 radical (unpaired) electrons. The van der Waals surface area contributed by atoms with Crippen LogP contribution in [0.3, 0.4) is 0 Å². The first-order valence-electron chi connectivity index (χ1n) is 8.54. The molecule has 2 aromatic rings. The molecule has 1 aliphatic rings. The third-order valence-electron chi connectivity index (χ3n) is 4.44. The van der Waals surface area contributed by atoms with E-state index < -0.39 is 0 Å². The van der Waals surface area contributed by atoms with Gasteiger partial charge in [-0.25, -0.2) is 4.39 Å². The quantitative estimate of drug-likeness (QED) is 0.707. The summed E-state index contributed by atoms with van der Waals surface area (Å²) in [7, 11) is 0. The van der Waals surface area contributed by atoms with Crippen LogP contribution in [0.4, 0.5) is 10.1 Å². The minimum absolute atomic E-state index is 0.151. The molecule has 0 atom stereocenters. The molecule has 1 saturated heterocycles. The van der Waals surface area contributed by atoms with Gasteiger partial charge in [-0.3, -0.25) is 14.6 Å². The zero-order chi connectivity index (χ0) is 19.4. The van der Waals surface area contributed by atoms with Gasteiger partial charge in [0.1, 0.15) is 5.82 Å². The molecular weight excluding hydrogens is 412 g/mol. The Hall–Kier alpha value is -1.37. The van der Waals surface area contributed by atoms with Crippen LogP contribution < -0.4 is 5.32 Å². The summed E-state index contributed by atoms with van der Waals surface area (Å²) in [4.78, 5) is 16.7. The first-order valence-corrected chi connectivity index (χ1v) is 9.67. The third-order valence-corrected chi connectivity index (χ3v) is 5.47. The van der Waals surface area contributed by atoms with E-state index >= 15 is 0 Å². The summed E-state index contributed by atoms with van der Waals surface area (Å²) in [6, 6.07) is 9.61. The molecular formula is C19H19Cl3FN3O. The second-order valence-corrected chi connectivity index (χ2v) is 7.69. The van der Waals surface area contributed by atoms with E-state index in [2.05, 4.69) is 15.1 Å². The second kappa shape index (κ2) is 9.22. The van der Waals surface area contributed by atoms with Crippen molar-refractivity contribution in [1.29, 1.82) is 0 Å². The number of carbonyl (C=O) groups excluding carboxylic acids is 1. The SMILES string of the molecule is O=C(CN1CCN(Cc2ccc(F)cc2)CC1)Nc1cc(Cl)c(Cl)cc1Cl. The zero-order valence-electron chi connectivity index (χ0n) is 14.5. The lowest BCUT2D eigenvalue weighted by atomic mass is 10.2. The highest BCUT2D eigenvalue weighted by atomic mass is 35.5. The molecule has 27 heavy (non-hydrogen) atoms. The summed E-state index contributed by atoms with van der Waals surface area (Å²) in [6.07, 6.45) is 0. The van der Waals surface area contributed by atoms with Gasteiger partial charge in [-0.2, -0.15) is 0 Å². The molecule has 0 bridgehead atoms. The summed E-state index contributed by atoms with van der Waals surface area (Å²) < 4.78 is 13.0. The molecule has 2 aromatic carbocycles. The van der Waals surface area contributed by atoms with Crippen LogP contribution in [0.2, 0.25) is 15.1 Å². The summed E-state index contributed by atoms with van der Waals surface area (Å²) in [6.45, 7) is 4.31. The van der Waals surface area contributed by atoms with Gasteiger partial charge in [0.25, 0.3) is 0 Å². The van der Waals surface area contributed by atoms with Gasteiger partial charge >= 0.3 is 0 Å². The van der Waals surface area contributed by atoms with E-state index in [4.69, 9.17) is 34.8 Å². The summed E-state index contributed by atoms with van der Waals surface area (Å²) in [5, 5.41) is 3.81. The van der Waals surface area contributed by atoms with Crippen LogP contribution in [0.1, 0.15) is 5.56 Å². The number of hydrogen-bond acceptors (Lipinski definition) is 3. The van der Waals surface area contributed by atoms with Gasteiger partial charge in [-0.05, 0) is 29.8 Å². The largest absolute Gasteiger partial charge is 0.324 e. The first kappa shape index (κ1) is 20.4. The van der Waals surface area contributed by atoms with Crippen LogP contribution in [0.25, 0.3) is 0 Å². The highest BCUT2D eigenvalue weighted by Crippen LogP contribution is 2.32. The summed E-state index contributed by atoms with van der Waals surface area (Å²) >= 11 is 18.0. The number of hydrogen-bond donors (Lipinski definition) is 1. The Morgan fingerprint density at radius 3 is 2.19 bits per heavy atom. The maximum absolute atomic E-state index is 13.0. The van der Waals surface area contributed by atoms with Crippen LogP contribution in [0.15, 0.2) is 36.4 Å². The minimum Gasteiger partial charge on any atom is -0.324 e. The molecule has 0 aromatic heterocycles. The lowest BCUT2D eigenvalue weighted by molar-refractivity contribution is -0.117. The number of benzene rings is 2. The molecule has 1 aliphatic heterocycles. The maximum Gasteiger partial charge on any atom is 0.238 e. The molecule has 1 N–H and O–H groups in total. The predicted molar refractivity (Wildman–Crippen MR) is 108 cm³/mol. The Balaban J connectivity index is 1.46. The van der Waals surface area contributed by atoms with E-state index in [-0.39, 0.29) is 18.3 Å². The van der Waals surface area contributed by atoms with Crippen molar-refractivity contribution >= 4 is 46.4 Å². The van der Waals surface area contributed by atoms with Crippen molar-refractivity contribution in [1.82, 2.24) is 9.80 Å². The number of nitrogens with zero attached hydrogens (tertiary/aromatic N) is 2. The predicted octanol–water partition coefficient (Wildman–Crippen LogP) is 4.54. The number of rotatable bonds is 5. The molecule has 1 amide bonds. The van der Waals surface area contributed by atoms with Gasteiger partial charge in [0.2, 0.25) is 5.91 Å². The van der Waals surface area contributed by atoms with Crippen molar-refractivity contribution < 1.29 is 9.18 Å². The van der Waals surface area contributed by atoms with Gasteiger partial charge in [-0.1, -0.05) is 46.9 Å². The minimum atomic E-state index is -0.225. The fourth-order valence-corrected chi connectivity index (χ4v) is 3.56. The topological polar surface area (TPSA) is 35.6 Å². The van der Waals surface area contributed by atoms with Crippen LogP contribution in [0, 0.1) is 5.82 Å². The standard InChI is InChI=1S/C19H19Cl3FN3O/c20-15-9-17(22)18(10-16(15)21)24-19(27)12-26-7-5-25(6-8-26)11-13-1-3-14(23)4-2-13/h1-4,9-10H,5-8,11-12H2,(H,24,27). The highest BCUT2D eigenvalue weighted by Gasteiger charge is 2.19. The van der Waals surface area contributed by atoms with Crippen molar-refractivity contribution in [2.45, 2.75) is 6.54 Å². The number of amides is 1. The van der Waals surface area contributed by atoms with Crippen molar-refractivity contribution in [2.75, 3.05) is 38.0 Å². The Labute approximate surface area is 172 Å². The molecule has 144 valence electrons. The third kappa shape index (κ3) is 5.80. The van der Waals surface area contributed by atoms with E-state index in [1.54, 1.807) is 18.2 Å². The molecule has 8 heteroatoms. The average molecular weight is 431 g/mol. The van der Waals surface area contributed by atoms with Gasteiger partial charge in [0.15, 0.2) is 0 Å². The highest BCUT2D eigenvalue weighted by molar-refractivity contribution is 6.44. The molecule has 0 saturated carbocycles. The van der Waals surface area contributed by atoms with Crippen molar-refractivity contribution in [2.24, 2.45) is 0 Å². The zero-order valence-corrected chi connectivity index (χ0v) is 16.8. The Bertz CT molecular complexity index is 809. The van der Waals surface area contributed by atoms with Crippen LogP contribution in [-0.2, 0) is 11.3 Å². The van der Waals surface area contributed by atoms with E-state index in [9.17, 15) is 9.18 Å². The van der Waals surface area contributed by atoms with Gasteiger partial charge < -0.3 is 5.32 Å².